The van der Waals surface area contributed by atoms with Crippen LogP contribution in [0.3, 0.4) is 0 Å². The number of nitrogens with zero attached hydrogens (tertiary/aromatic N) is 3. The zero-order valence-electron chi connectivity index (χ0n) is 10.9. The first kappa shape index (κ1) is 14.7. The maximum Gasteiger partial charge on any atom is 0.0775 e. The molecule has 0 aromatic carbocycles. The van der Waals surface area contributed by atoms with Gasteiger partial charge in [0.05, 0.1) is 22.4 Å². The molecule has 2 rings (SSSR count). The first-order valence-electron chi connectivity index (χ1n) is 6.14. The van der Waals surface area contributed by atoms with E-state index < -0.39 is 0 Å². The summed E-state index contributed by atoms with van der Waals surface area (Å²) in [5.41, 5.74) is 2.22. The SMILES string of the molecule is CCCNC(c1cncc(Br)c1)c1c(Br)cnn1C. The summed E-state index contributed by atoms with van der Waals surface area (Å²) in [6.45, 7) is 3.09. The van der Waals surface area contributed by atoms with Gasteiger partial charge in [0.2, 0.25) is 0 Å². The van der Waals surface area contributed by atoms with Crippen molar-refractivity contribution in [1.29, 1.82) is 0 Å². The zero-order chi connectivity index (χ0) is 13.8. The molecule has 0 amide bonds. The number of hydrogen-bond acceptors (Lipinski definition) is 3. The van der Waals surface area contributed by atoms with Crippen LogP contribution in [0.1, 0.15) is 30.6 Å². The number of nitrogens with one attached hydrogen (secondary N) is 1. The van der Waals surface area contributed by atoms with Crippen LogP contribution in [0.15, 0.2) is 33.6 Å². The van der Waals surface area contributed by atoms with Crippen molar-refractivity contribution in [3.05, 3.63) is 44.9 Å². The van der Waals surface area contributed by atoms with Crippen molar-refractivity contribution in [3.63, 3.8) is 0 Å². The summed E-state index contributed by atoms with van der Waals surface area (Å²) in [5.74, 6) is 0. The number of halogens is 2. The van der Waals surface area contributed by atoms with Gasteiger partial charge in [-0.3, -0.25) is 9.67 Å². The molecule has 0 fully saturated rings. The van der Waals surface area contributed by atoms with E-state index in [0.29, 0.717) is 0 Å². The number of aryl methyl sites for hydroxylation is 1. The van der Waals surface area contributed by atoms with Crippen LogP contribution in [0, 0.1) is 0 Å². The number of hydrogen-bond donors (Lipinski definition) is 1. The summed E-state index contributed by atoms with van der Waals surface area (Å²) in [6, 6.07) is 2.16. The third-order valence-corrected chi connectivity index (χ3v) is 3.91. The van der Waals surface area contributed by atoms with Crippen LogP contribution in [0.5, 0.6) is 0 Å². The smallest absolute Gasteiger partial charge is 0.0775 e. The van der Waals surface area contributed by atoms with Gasteiger partial charge in [-0.25, -0.2) is 0 Å². The Kier molecular flexibility index (Phi) is 5.13. The van der Waals surface area contributed by atoms with Crippen molar-refractivity contribution in [3.8, 4) is 0 Å². The van der Waals surface area contributed by atoms with Crippen LogP contribution in [-0.4, -0.2) is 21.3 Å². The minimum Gasteiger partial charge on any atom is -0.305 e. The van der Waals surface area contributed by atoms with Crippen LogP contribution < -0.4 is 5.32 Å². The molecule has 0 saturated heterocycles. The monoisotopic (exact) mass is 386 g/mol. The van der Waals surface area contributed by atoms with Gasteiger partial charge < -0.3 is 5.32 Å². The molecule has 0 bridgehead atoms. The molecule has 0 aliphatic heterocycles. The summed E-state index contributed by atoms with van der Waals surface area (Å²) in [4.78, 5) is 4.25. The minimum absolute atomic E-state index is 0.0758. The lowest BCUT2D eigenvalue weighted by atomic mass is 10.1. The second-order valence-electron chi connectivity index (χ2n) is 4.32. The molecule has 1 unspecified atom stereocenters. The number of aromatic nitrogens is 3. The Morgan fingerprint density at radius 1 is 1.32 bits per heavy atom. The van der Waals surface area contributed by atoms with E-state index in [4.69, 9.17) is 0 Å². The molecule has 2 heterocycles. The lowest BCUT2D eigenvalue weighted by molar-refractivity contribution is 0.550. The van der Waals surface area contributed by atoms with E-state index in [2.05, 4.69) is 60.2 Å². The molecule has 4 nitrogen and oxygen atoms in total. The van der Waals surface area contributed by atoms with Crippen LogP contribution in [-0.2, 0) is 7.05 Å². The lowest BCUT2D eigenvalue weighted by Gasteiger charge is -2.20. The van der Waals surface area contributed by atoms with Gasteiger partial charge in [-0.15, -0.1) is 0 Å². The molecule has 1 atom stereocenters. The normalized spacial score (nSPS) is 12.6. The Bertz CT molecular complexity index is 534. The highest BCUT2D eigenvalue weighted by Crippen LogP contribution is 2.28. The van der Waals surface area contributed by atoms with E-state index in [9.17, 15) is 0 Å². The molecule has 0 saturated carbocycles. The summed E-state index contributed by atoms with van der Waals surface area (Å²) in [7, 11) is 1.95. The standard InChI is InChI=1S/C13H16Br2N4/c1-3-4-17-12(9-5-10(14)7-16-6-9)13-11(15)8-18-19(13)2/h5-8,12,17H,3-4H2,1-2H3. The fraction of sp³-hybridized carbons (Fsp3) is 0.385. The highest BCUT2D eigenvalue weighted by molar-refractivity contribution is 9.10. The Morgan fingerprint density at radius 2 is 2.11 bits per heavy atom. The summed E-state index contributed by atoms with van der Waals surface area (Å²) < 4.78 is 3.87. The van der Waals surface area contributed by atoms with E-state index in [1.165, 1.54) is 0 Å². The summed E-state index contributed by atoms with van der Waals surface area (Å²) in [6.07, 6.45) is 6.57. The fourth-order valence-corrected chi connectivity index (χ4v) is 2.95. The van der Waals surface area contributed by atoms with Gasteiger partial charge in [-0.2, -0.15) is 5.10 Å². The highest BCUT2D eigenvalue weighted by atomic mass is 79.9. The second kappa shape index (κ2) is 6.63. The molecule has 1 N–H and O–H groups in total. The molecule has 102 valence electrons. The van der Waals surface area contributed by atoms with E-state index in [1.54, 1.807) is 6.20 Å². The molecule has 19 heavy (non-hydrogen) atoms. The molecule has 0 spiro atoms. The van der Waals surface area contributed by atoms with Crippen molar-refractivity contribution in [2.75, 3.05) is 6.54 Å². The van der Waals surface area contributed by atoms with Gasteiger partial charge in [0.25, 0.3) is 0 Å². The molecule has 6 heteroatoms. The van der Waals surface area contributed by atoms with Crippen LogP contribution in [0.2, 0.25) is 0 Å². The van der Waals surface area contributed by atoms with Crippen LogP contribution in [0.4, 0.5) is 0 Å². The molecule has 0 aliphatic rings. The Balaban J connectivity index is 2.41. The first-order chi connectivity index (χ1) is 9.13. The molecular formula is C13H16Br2N4. The molecule has 2 aromatic rings. The summed E-state index contributed by atoms with van der Waals surface area (Å²) >= 11 is 7.04. The Labute approximate surface area is 129 Å². The Hall–Kier alpha value is -0.720. The van der Waals surface area contributed by atoms with E-state index in [1.807, 2.05) is 24.1 Å². The van der Waals surface area contributed by atoms with Gasteiger partial charge in [0.15, 0.2) is 0 Å². The predicted octanol–water partition coefficient (Wildman–Crippen LogP) is 3.43. The maximum absolute atomic E-state index is 4.29. The quantitative estimate of drug-likeness (QED) is 0.854. The average molecular weight is 388 g/mol. The first-order valence-corrected chi connectivity index (χ1v) is 7.73. The largest absolute Gasteiger partial charge is 0.305 e. The highest BCUT2D eigenvalue weighted by Gasteiger charge is 2.20. The van der Waals surface area contributed by atoms with Gasteiger partial charge in [-0.05, 0) is 56.5 Å². The van der Waals surface area contributed by atoms with Gasteiger partial charge in [0, 0.05) is 23.9 Å². The molecule has 2 aromatic heterocycles. The maximum atomic E-state index is 4.29. The molecular weight excluding hydrogens is 372 g/mol. The lowest BCUT2D eigenvalue weighted by Crippen LogP contribution is -2.25. The van der Waals surface area contributed by atoms with Crippen molar-refractivity contribution in [2.45, 2.75) is 19.4 Å². The fourth-order valence-electron chi connectivity index (χ4n) is 1.99. The van der Waals surface area contributed by atoms with E-state index in [0.717, 1.165) is 33.2 Å². The van der Waals surface area contributed by atoms with Gasteiger partial charge in [0.1, 0.15) is 0 Å². The minimum atomic E-state index is 0.0758. The Morgan fingerprint density at radius 3 is 2.68 bits per heavy atom. The van der Waals surface area contributed by atoms with Crippen molar-refractivity contribution in [2.24, 2.45) is 7.05 Å². The van der Waals surface area contributed by atoms with Crippen LogP contribution in [0.25, 0.3) is 0 Å². The van der Waals surface area contributed by atoms with Gasteiger partial charge in [-0.1, -0.05) is 6.92 Å². The number of rotatable bonds is 5. The topological polar surface area (TPSA) is 42.7 Å². The predicted molar refractivity (Wildman–Crippen MR) is 83.0 cm³/mol. The van der Waals surface area contributed by atoms with E-state index >= 15 is 0 Å². The van der Waals surface area contributed by atoms with Crippen LogP contribution >= 0.6 is 31.9 Å². The zero-order valence-corrected chi connectivity index (χ0v) is 14.1. The van der Waals surface area contributed by atoms with Gasteiger partial charge >= 0.3 is 0 Å². The molecule has 0 aliphatic carbocycles. The average Bonchev–Trinajstić information content (AvgIpc) is 2.71. The third-order valence-electron chi connectivity index (χ3n) is 2.87. The van der Waals surface area contributed by atoms with Crippen molar-refractivity contribution < 1.29 is 0 Å². The number of pyridine rings is 1. The molecule has 0 radical (unpaired) electrons. The van der Waals surface area contributed by atoms with Crippen molar-refractivity contribution in [1.82, 2.24) is 20.1 Å². The summed E-state index contributed by atoms with van der Waals surface area (Å²) in [5, 5.41) is 7.84. The van der Waals surface area contributed by atoms with E-state index in [-0.39, 0.29) is 6.04 Å². The second-order valence-corrected chi connectivity index (χ2v) is 6.09. The van der Waals surface area contributed by atoms with Crippen molar-refractivity contribution >= 4 is 31.9 Å². The third kappa shape index (κ3) is 3.43.